The molecule has 0 spiro atoms. The molecule has 0 atom stereocenters. The molecule has 2 rings (SSSR count). The molecule has 0 bridgehead atoms. The summed E-state index contributed by atoms with van der Waals surface area (Å²) in [6.45, 7) is 0.171. The van der Waals surface area contributed by atoms with Crippen molar-refractivity contribution in [3.8, 4) is 0 Å². The Bertz CT molecular complexity index is 665. The van der Waals surface area contributed by atoms with Crippen LogP contribution in [0.3, 0.4) is 0 Å². The minimum atomic E-state index is -0.535. The van der Waals surface area contributed by atoms with Gasteiger partial charge in [0.15, 0.2) is 0 Å². The Hall–Kier alpha value is -1.85. The molecule has 0 amide bonds. The Kier molecular flexibility index (Phi) is 4.42. The van der Waals surface area contributed by atoms with Crippen LogP contribution >= 0.6 is 23.2 Å². The number of hydrogen-bond donors (Lipinski definition) is 1. The van der Waals surface area contributed by atoms with Gasteiger partial charge < -0.3 is 5.32 Å². The van der Waals surface area contributed by atoms with E-state index in [1.807, 2.05) is 0 Å². The standard InChI is InChI=1S/C13H9Cl2FN2O2/c14-9-1-3-12(16)8(5-9)7-17-13-4-2-10(18(19)20)6-11(13)15/h1-6,17H,7H2. The zero-order chi connectivity index (χ0) is 14.7. The second-order valence-electron chi connectivity index (χ2n) is 4.01. The van der Waals surface area contributed by atoms with Gasteiger partial charge in [-0.15, -0.1) is 0 Å². The highest BCUT2D eigenvalue weighted by molar-refractivity contribution is 6.33. The van der Waals surface area contributed by atoms with E-state index in [4.69, 9.17) is 23.2 Å². The first-order valence-corrected chi connectivity index (χ1v) is 6.34. The van der Waals surface area contributed by atoms with E-state index < -0.39 is 4.92 Å². The maximum absolute atomic E-state index is 13.5. The van der Waals surface area contributed by atoms with Crippen molar-refractivity contribution in [2.24, 2.45) is 0 Å². The predicted molar refractivity (Wildman–Crippen MR) is 76.8 cm³/mol. The Balaban J connectivity index is 2.15. The monoisotopic (exact) mass is 314 g/mol. The van der Waals surface area contributed by atoms with Crippen molar-refractivity contribution in [3.05, 3.63) is 67.9 Å². The molecule has 2 aromatic carbocycles. The molecule has 7 heteroatoms. The highest BCUT2D eigenvalue weighted by Gasteiger charge is 2.10. The highest BCUT2D eigenvalue weighted by atomic mass is 35.5. The molecule has 0 unspecified atom stereocenters. The number of benzene rings is 2. The summed E-state index contributed by atoms with van der Waals surface area (Å²) < 4.78 is 13.5. The van der Waals surface area contributed by atoms with Crippen molar-refractivity contribution in [1.29, 1.82) is 0 Å². The third-order valence-corrected chi connectivity index (χ3v) is 3.19. The van der Waals surface area contributed by atoms with Gasteiger partial charge in [0.25, 0.3) is 5.69 Å². The molecule has 0 aliphatic carbocycles. The molecule has 0 fully saturated rings. The van der Waals surface area contributed by atoms with E-state index in [9.17, 15) is 14.5 Å². The van der Waals surface area contributed by atoms with Gasteiger partial charge in [0.05, 0.1) is 15.6 Å². The van der Waals surface area contributed by atoms with Crippen LogP contribution in [-0.4, -0.2) is 4.92 Å². The number of non-ortho nitro benzene ring substituents is 1. The average Bonchev–Trinajstić information content (AvgIpc) is 2.40. The van der Waals surface area contributed by atoms with E-state index in [1.54, 1.807) is 0 Å². The van der Waals surface area contributed by atoms with Crippen LogP contribution in [0.25, 0.3) is 0 Å². The van der Waals surface area contributed by atoms with E-state index in [2.05, 4.69) is 5.32 Å². The van der Waals surface area contributed by atoms with Crippen molar-refractivity contribution >= 4 is 34.6 Å². The van der Waals surface area contributed by atoms with Gasteiger partial charge in [0.1, 0.15) is 5.82 Å². The number of rotatable bonds is 4. The van der Waals surface area contributed by atoms with Gasteiger partial charge in [0, 0.05) is 29.3 Å². The molecule has 20 heavy (non-hydrogen) atoms. The highest BCUT2D eigenvalue weighted by Crippen LogP contribution is 2.27. The van der Waals surface area contributed by atoms with Gasteiger partial charge in [-0.3, -0.25) is 10.1 Å². The summed E-state index contributed by atoms with van der Waals surface area (Å²) in [5, 5.41) is 14.1. The number of nitrogens with zero attached hydrogens (tertiary/aromatic N) is 1. The molecule has 0 aromatic heterocycles. The van der Waals surface area contributed by atoms with E-state index >= 15 is 0 Å². The number of nitro benzene ring substituents is 1. The van der Waals surface area contributed by atoms with Gasteiger partial charge in [-0.2, -0.15) is 0 Å². The van der Waals surface area contributed by atoms with Gasteiger partial charge >= 0.3 is 0 Å². The van der Waals surface area contributed by atoms with Crippen LogP contribution in [0.15, 0.2) is 36.4 Å². The molecule has 0 aliphatic rings. The van der Waals surface area contributed by atoms with Crippen molar-refractivity contribution in [2.75, 3.05) is 5.32 Å². The molecule has 1 N–H and O–H groups in total. The zero-order valence-electron chi connectivity index (χ0n) is 10.1. The Morgan fingerprint density at radius 3 is 2.60 bits per heavy atom. The fourth-order valence-corrected chi connectivity index (χ4v) is 2.07. The lowest BCUT2D eigenvalue weighted by Crippen LogP contribution is -2.02. The van der Waals surface area contributed by atoms with Crippen LogP contribution in [0.2, 0.25) is 10.0 Å². The lowest BCUT2D eigenvalue weighted by Gasteiger charge is -2.09. The summed E-state index contributed by atoms with van der Waals surface area (Å²) in [6, 6.07) is 8.27. The number of hydrogen-bond acceptors (Lipinski definition) is 3. The van der Waals surface area contributed by atoms with Crippen LogP contribution in [-0.2, 0) is 6.54 Å². The Morgan fingerprint density at radius 1 is 1.20 bits per heavy atom. The van der Waals surface area contributed by atoms with Crippen LogP contribution in [0.4, 0.5) is 15.8 Å². The molecule has 0 aliphatic heterocycles. The van der Waals surface area contributed by atoms with Crippen LogP contribution < -0.4 is 5.32 Å². The predicted octanol–water partition coefficient (Wildman–Crippen LogP) is 4.65. The van der Waals surface area contributed by atoms with Gasteiger partial charge in [-0.1, -0.05) is 23.2 Å². The zero-order valence-corrected chi connectivity index (χ0v) is 11.6. The van der Waals surface area contributed by atoms with Crippen molar-refractivity contribution < 1.29 is 9.31 Å². The minimum Gasteiger partial charge on any atom is -0.380 e. The third-order valence-electron chi connectivity index (χ3n) is 2.64. The summed E-state index contributed by atoms with van der Waals surface area (Å²) in [6.07, 6.45) is 0. The van der Waals surface area contributed by atoms with E-state index in [-0.39, 0.29) is 23.1 Å². The summed E-state index contributed by atoms with van der Waals surface area (Å²) in [5.74, 6) is -0.389. The molecular formula is C13H9Cl2FN2O2. The molecule has 0 radical (unpaired) electrons. The summed E-state index contributed by atoms with van der Waals surface area (Å²) in [7, 11) is 0. The molecule has 0 saturated carbocycles. The Morgan fingerprint density at radius 2 is 1.95 bits per heavy atom. The van der Waals surface area contributed by atoms with Crippen LogP contribution in [0.5, 0.6) is 0 Å². The molecule has 0 saturated heterocycles. The lowest BCUT2D eigenvalue weighted by atomic mass is 10.2. The van der Waals surface area contributed by atoms with Crippen molar-refractivity contribution in [2.45, 2.75) is 6.54 Å². The molecule has 4 nitrogen and oxygen atoms in total. The quantitative estimate of drug-likeness (QED) is 0.660. The van der Waals surface area contributed by atoms with E-state index in [0.717, 1.165) is 0 Å². The number of nitrogens with one attached hydrogen (secondary N) is 1. The Labute approximate surface area is 124 Å². The van der Waals surface area contributed by atoms with Gasteiger partial charge in [-0.05, 0) is 24.3 Å². The summed E-state index contributed by atoms with van der Waals surface area (Å²) >= 11 is 11.7. The lowest BCUT2D eigenvalue weighted by molar-refractivity contribution is -0.384. The smallest absolute Gasteiger partial charge is 0.271 e. The van der Waals surface area contributed by atoms with Gasteiger partial charge in [-0.25, -0.2) is 4.39 Å². The number of anilines is 1. The van der Waals surface area contributed by atoms with Crippen molar-refractivity contribution in [3.63, 3.8) is 0 Å². The molecule has 0 heterocycles. The molecular weight excluding hydrogens is 306 g/mol. The van der Waals surface area contributed by atoms with E-state index in [0.29, 0.717) is 16.3 Å². The first kappa shape index (κ1) is 14.6. The SMILES string of the molecule is O=[N+]([O-])c1ccc(NCc2cc(Cl)ccc2F)c(Cl)c1. The maximum atomic E-state index is 13.5. The molecule has 104 valence electrons. The average molecular weight is 315 g/mol. The topological polar surface area (TPSA) is 55.2 Å². The minimum absolute atomic E-state index is 0.102. The van der Waals surface area contributed by atoms with Crippen molar-refractivity contribution in [1.82, 2.24) is 0 Å². The number of halogens is 3. The van der Waals surface area contributed by atoms with E-state index in [1.165, 1.54) is 36.4 Å². The molecule has 2 aromatic rings. The first-order chi connectivity index (χ1) is 9.47. The van der Waals surface area contributed by atoms with Crippen LogP contribution in [0.1, 0.15) is 5.56 Å². The fraction of sp³-hybridized carbons (Fsp3) is 0.0769. The third kappa shape index (κ3) is 3.37. The fourth-order valence-electron chi connectivity index (χ4n) is 1.63. The normalized spacial score (nSPS) is 10.3. The van der Waals surface area contributed by atoms with Gasteiger partial charge in [0.2, 0.25) is 0 Å². The second kappa shape index (κ2) is 6.07. The first-order valence-electron chi connectivity index (χ1n) is 5.59. The number of nitro groups is 1. The largest absolute Gasteiger partial charge is 0.380 e. The van der Waals surface area contributed by atoms with Crippen LogP contribution in [0, 0.1) is 15.9 Å². The maximum Gasteiger partial charge on any atom is 0.271 e. The summed E-state index contributed by atoms with van der Waals surface area (Å²) in [4.78, 5) is 10.1. The second-order valence-corrected chi connectivity index (χ2v) is 4.85. The summed E-state index contributed by atoms with van der Waals surface area (Å²) in [5.41, 5.74) is 0.762.